The van der Waals surface area contributed by atoms with Gasteiger partial charge in [0.1, 0.15) is 11.6 Å². The third kappa shape index (κ3) is 5.98. The van der Waals surface area contributed by atoms with E-state index in [0.29, 0.717) is 71.6 Å². The molecule has 2 bridgehead atoms. The molecule has 45 heavy (non-hydrogen) atoms. The number of amides is 3. The average Bonchev–Trinajstić information content (AvgIpc) is 3.67. The van der Waals surface area contributed by atoms with Crippen molar-refractivity contribution in [1.29, 1.82) is 0 Å². The molecule has 1 aromatic rings. The van der Waals surface area contributed by atoms with Crippen molar-refractivity contribution in [2.24, 2.45) is 11.8 Å². The van der Waals surface area contributed by atoms with E-state index in [1.165, 1.54) is 0 Å². The number of rotatable bonds is 15. The molecule has 0 aliphatic carbocycles. The maximum Gasteiger partial charge on any atom is 0.248 e. The first-order chi connectivity index (χ1) is 21.8. The van der Waals surface area contributed by atoms with Crippen molar-refractivity contribution in [2.45, 2.75) is 69.4 Å². The summed E-state index contributed by atoms with van der Waals surface area (Å²) in [6.45, 7) is 16.5. The fourth-order valence-electron chi connectivity index (χ4n) is 8.21. The Bertz CT molecular complexity index is 1230. The van der Waals surface area contributed by atoms with E-state index in [2.05, 4.69) is 18.1 Å². The smallest absolute Gasteiger partial charge is 0.248 e. The summed E-state index contributed by atoms with van der Waals surface area (Å²) in [5.41, 5.74) is -1.02. The van der Waals surface area contributed by atoms with Crippen LogP contribution in [0.3, 0.4) is 0 Å². The number of carbonyl (C=O) groups is 3. The summed E-state index contributed by atoms with van der Waals surface area (Å²) < 4.78 is 12.5. The lowest BCUT2D eigenvalue weighted by Gasteiger charge is -2.40. The molecule has 0 saturated carbocycles. The molecule has 10 nitrogen and oxygen atoms in total. The van der Waals surface area contributed by atoms with Crippen molar-refractivity contribution in [2.75, 3.05) is 59.1 Å². The van der Waals surface area contributed by atoms with Gasteiger partial charge in [-0.1, -0.05) is 56.3 Å². The van der Waals surface area contributed by atoms with Gasteiger partial charge in [-0.05, 0) is 31.2 Å². The summed E-state index contributed by atoms with van der Waals surface area (Å²) in [4.78, 5) is 51.4. The second kappa shape index (κ2) is 14.2. The number of ether oxygens (including phenoxy) is 2. The van der Waals surface area contributed by atoms with Gasteiger partial charge in [0.15, 0.2) is 0 Å². The summed E-state index contributed by atoms with van der Waals surface area (Å²) in [7, 11) is 0. The molecule has 5 rings (SSSR count). The number of hydrogen-bond donors (Lipinski definition) is 1. The first kappa shape index (κ1) is 33.3. The molecule has 246 valence electrons. The second-order valence-corrected chi connectivity index (χ2v) is 12.8. The van der Waals surface area contributed by atoms with Crippen molar-refractivity contribution in [3.05, 3.63) is 61.2 Å². The van der Waals surface area contributed by atoms with Gasteiger partial charge in [0.05, 0.1) is 43.3 Å². The minimum absolute atomic E-state index is 0.152. The van der Waals surface area contributed by atoms with Crippen LogP contribution in [0.4, 0.5) is 0 Å². The van der Waals surface area contributed by atoms with Crippen molar-refractivity contribution >= 4 is 17.7 Å². The number of benzene rings is 1. The van der Waals surface area contributed by atoms with E-state index < -0.39 is 35.1 Å². The van der Waals surface area contributed by atoms with Crippen molar-refractivity contribution in [3.8, 4) is 0 Å². The van der Waals surface area contributed by atoms with Gasteiger partial charge in [-0.25, -0.2) is 0 Å². The van der Waals surface area contributed by atoms with Gasteiger partial charge in [-0.2, -0.15) is 0 Å². The number of aliphatic hydroxyl groups is 1. The van der Waals surface area contributed by atoms with E-state index in [-0.39, 0.29) is 24.3 Å². The van der Waals surface area contributed by atoms with Crippen LogP contribution in [0.15, 0.2) is 55.6 Å². The van der Waals surface area contributed by atoms with Crippen molar-refractivity contribution in [1.82, 2.24) is 19.6 Å². The fraction of sp³-hybridized carbons (Fsp3) is 0.629. The van der Waals surface area contributed by atoms with Gasteiger partial charge in [-0.15, -0.1) is 13.2 Å². The lowest BCUT2D eigenvalue weighted by molar-refractivity contribution is -0.158. The summed E-state index contributed by atoms with van der Waals surface area (Å²) in [6.07, 6.45) is 5.52. The Kier molecular flexibility index (Phi) is 10.5. The largest absolute Gasteiger partial charge is 0.394 e. The minimum Gasteiger partial charge on any atom is -0.394 e. The highest BCUT2D eigenvalue weighted by molar-refractivity contribution is 5.99. The number of hydrogen-bond acceptors (Lipinski definition) is 7. The molecule has 0 radical (unpaired) electrons. The van der Waals surface area contributed by atoms with Gasteiger partial charge in [0.25, 0.3) is 0 Å². The van der Waals surface area contributed by atoms with Gasteiger partial charge in [0.2, 0.25) is 17.7 Å². The highest BCUT2D eigenvalue weighted by Gasteiger charge is 2.79. The van der Waals surface area contributed by atoms with Crippen LogP contribution in [0.1, 0.15) is 45.1 Å². The molecule has 0 aromatic heterocycles. The van der Waals surface area contributed by atoms with Gasteiger partial charge >= 0.3 is 0 Å². The third-order valence-electron chi connectivity index (χ3n) is 10.5. The van der Waals surface area contributed by atoms with Gasteiger partial charge in [-0.3, -0.25) is 19.3 Å². The molecule has 4 aliphatic rings. The van der Waals surface area contributed by atoms with E-state index in [9.17, 15) is 19.5 Å². The van der Waals surface area contributed by atoms with E-state index in [0.717, 1.165) is 18.7 Å². The van der Waals surface area contributed by atoms with Crippen LogP contribution >= 0.6 is 0 Å². The zero-order chi connectivity index (χ0) is 32.2. The van der Waals surface area contributed by atoms with E-state index >= 15 is 0 Å². The summed E-state index contributed by atoms with van der Waals surface area (Å²) in [6, 6.07) is 8.27. The Morgan fingerprint density at radius 3 is 2.38 bits per heavy atom. The lowest BCUT2D eigenvalue weighted by atomic mass is 9.64. The molecule has 4 heterocycles. The maximum absolute atomic E-state index is 14.7. The Morgan fingerprint density at radius 2 is 1.76 bits per heavy atom. The first-order valence-electron chi connectivity index (χ1n) is 16.6. The zero-order valence-electron chi connectivity index (χ0n) is 26.9. The highest BCUT2D eigenvalue weighted by Crippen LogP contribution is 2.65. The number of likely N-dealkylation sites (tertiary alicyclic amines) is 1. The predicted octanol–water partition coefficient (Wildman–Crippen LogP) is 2.47. The average molecular weight is 623 g/mol. The summed E-state index contributed by atoms with van der Waals surface area (Å²) in [5.74, 6) is -2.20. The molecule has 4 fully saturated rings. The SMILES string of the molecule is C=CCN(CCN1CCOCC1)C(=O)C1N([C@@H](CC)CO)C(=O)[C@@H]2[C@H](C(=O)N(CC=C)Cc3ccccc3)[C@]3(CC)CCC12O3. The monoisotopic (exact) mass is 622 g/mol. The normalized spacial score (nSPS) is 29.8. The molecule has 1 spiro atoms. The van der Waals surface area contributed by atoms with Crippen LogP contribution in [0.2, 0.25) is 0 Å². The van der Waals surface area contributed by atoms with Crippen LogP contribution in [-0.4, -0.2) is 125 Å². The lowest BCUT2D eigenvalue weighted by Crippen LogP contribution is -2.59. The van der Waals surface area contributed by atoms with E-state index in [1.54, 1.807) is 26.9 Å². The minimum atomic E-state index is -1.15. The molecule has 4 aliphatic heterocycles. The Labute approximate surface area is 267 Å². The van der Waals surface area contributed by atoms with Crippen LogP contribution < -0.4 is 0 Å². The van der Waals surface area contributed by atoms with Crippen molar-refractivity contribution in [3.63, 3.8) is 0 Å². The molecular weight excluding hydrogens is 572 g/mol. The molecular formula is C35H50N4O6. The number of nitrogens with zero attached hydrogens (tertiary/aromatic N) is 4. The molecule has 1 N–H and O–H groups in total. The number of fused-ring (bicyclic) bond motifs is 1. The molecule has 2 unspecified atom stereocenters. The zero-order valence-corrected chi connectivity index (χ0v) is 26.9. The quantitative estimate of drug-likeness (QED) is 0.300. The Balaban J connectivity index is 1.52. The second-order valence-electron chi connectivity index (χ2n) is 12.8. The van der Waals surface area contributed by atoms with Crippen LogP contribution in [0.5, 0.6) is 0 Å². The number of morpholine rings is 1. The predicted molar refractivity (Wildman–Crippen MR) is 171 cm³/mol. The van der Waals surface area contributed by atoms with Gasteiger partial charge in [0, 0.05) is 45.8 Å². The van der Waals surface area contributed by atoms with Crippen molar-refractivity contribution < 1.29 is 29.0 Å². The molecule has 4 saturated heterocycles. The number of aliphatic hydroxyl groups excluding tert-OH is 1. The highest BCUT2D eigenvalue weighted by atomic mass is 16.5. The van der Waals surface area contributed by atoms with Crippen LogP contribution in [-0.2, 0) is 30.4 Å². The number of carbonyl (C=O) groups excluding carboxylic acids is 3. The van der Waals surface area contributed by atoms with Crippen LogP contribution in [0.25, 0.3) is 0 Å². The van der Waals surface area contributed by atoms with Gasteiger partial charge < -0.3 is 29.3 Å². The summed E-state index contributed by atoms with van der Waals surface area (Å²) >= 11 is 0. The molecule has 3 amide bonds. The molecule has 6 atom stereocenters. The van der Waals surface area contributed by atoms with E-state index in [1.807, 2.05) is 44.2 Å². The fourth-order valence-corrected chi connectivity index (χ4v) is 8.21. The molecule has 1 aromatic carbocycles. The standard InChI is InChI=1S/C35H50N4O6/c1-5-16-37(19-18-36-20-22-44-23-21-36)33(43)30-35-15-14-34(8-4,45-35)28(29(35)32(42)39(30)27(7-3)25-40)31(41)38(17-6-2)24-26-12-10-9-11-13-26/h5-6,9-13,27-30,40H,1-2,7-8,14-25H2,3-4H3/t27-,28+,29-,30?,34-,35?/m0/s1. The van der Waals surface area contributed by atoms with E-state index in [4.69, 9.17) is 9.47 Å². The summed E-state index contributed by atoms with van der Waals surface area (Å²) in [5, 5.41) is 10.5. The Morgan fingerprint density at radius 1 is 1.07 bits per heavy atom. The first-order valence-corrected chi connectivity index (χ1v) is 16.6. The maximum atomic E-state index is 14.7. The van der Waals surface area contributed by atoms with Crippen LogP contribution in [0, 0.1) is 11.8 Å². The Hall–Kier alpha value is -3.05. The molecule has 10 heteroatoms. The third-order valence-corrected chi connectivity index (χ3v) is 10.5. The topological polar surface area (TPSA) is 103 Å².